The summed E-state index contributed by atoms with van der Waals surface area (Å²) in [4.78, 5) is 15.5. The number of methoxy groups -OCH3 is 1. The Kier molecular flexibility index (Phi) is 7.89. The van der Waals surface area contributed by atoms with E-state index in [1.54, 1.807) is 7.11 Å². The summed E-state index contributed by atoms with van der Waals surface area (Å²) in [6, 6.07) is 8.66. The number of benzene rings is 1. The normalized spacial score (nSPS) is 18.1. The third kappa shape index (κ3) is 6.03. The van der Waals surface area contributed by atoms with E-state index in [0.717, 1.165) is 37.0 Å². The molecule has 2 fully saturated rings. The number of thioether (sulfide) groups is 1. The highest BCUT2D eigenvalue weighted by Gasteiger charge is 2.32. The lowest BCUT2D eigenvalue weighted by Gasteiger charge is -2.41. The maximum absolute atomic E-state index is 13.3. The SMILES string of the molecule is COc1ccc(Cc2nnc(SCC(=O)N(C3CCCCC3)C3CCCCC3)o2)cc1. The van der Waals surface area contributed by atoms with E-state index >= 15 is 0 Å². The minimum atomic E-state index is 0.235. The molecule has 2 aliphatic rings. The van der Waals surface area contributed by atoms with Crippen molar-refractivity contribution in [2.45, 2.75) is 87.9 Å². The van der Waals surface area contributed by atoms with Gasteiger partial charge >= 0.3 is 0 Å². The zero-order valence-electron chi connectivity index (χ0n) is 18.4. The lowest BCUT2D eigenvalue weighted by Crippen LogP contribution is -2.49. The topological polar surface area (TPSA) is 68.5 Å². The Morgan fingerprint density at radius 2 is 1.61 bits per heavy atom. The molecule has 2 aromatic rings. The molecule has 0 unspecified atom stereocenters. The highest BCUT2D eigenvalue weighted by molar-refractivity contribution is 7.99. The van der Waals surface area contributed by atoms with E-state index < -0.39 is 0 Å². The molecule has 0 atom stereocenters. The van der Waals surface area contributed by atoms with E-state index in [1.165, 1.54) is 50.3 Å². The molecule has 0 bridgehead atoms. The lowest BCUT2D eigenvalue weighted by atomic mass is 9.88. The number of ether oxygens (including phenoxy) is 1. The fourth-order valence-electron chi connectivity index (χ4n) is 4.91. The third-order valence-electron chi connectivity index (χ3n) is 6.51. The number of amides is 1. The van der Waals surface area contributed by atoms with Gasteiger partial charge in [-0.15, -0.1) is 10.2 Å². The number of nitrogens with zero attached hydrogens (tertiary/aromatic N) is 3. The number of aromatic nitrogens is 2. The number of carbonyl (C=O) groups excluding carboxylic acids is 1. The summed E-state index contributed by atoms with van der Waals surface area (Å²) in [6.07, 6.45) is 12.8. The first kappa shape index (κ1) is 22.2. The molecule has 1 heterocycles. The first-order chi connectivity index (χ1) is 15.2. The molecule has 0 N–H and O–H groups in total. The van der Waals surface area contributed by atoms with E-state index in [-0.39, 0.29) is 5.91 Å². The van der Waals surface area contributed by atoms with Crippen LogP contribution in [0.5, 0.6) is 5.75 Å². The van der Waals surface area contributed by atoms with Crippen LogP contribution in [0, 0.1) is 0 Å². The average Bonchev–Trinajstić information content (AvgIpc) is 3.27. The second-order valence-corrected chi connectivity index (χ2v) is 9.59. The zero-order valence-corrected chi connectivity index (χ0v) is 19.2. The molecule has 7 heteroatoms. The van der Waals surface area contributed by atoms with Gasteiger partial charge in [0, 0.05) is 12.1 Å². The van der Waals surface area contributed by atoms with Gasteiger partial charge in [0.15, 0.2) is 0 Å². The molecule has 1 aromatic heterocycles. The molecule has 1 amide bonds. The van der Waals surface area contributed by atoms with E-state index in [9.17, 15) is 4.79 Å². The van der Waals surface area contributed by atoms with Crippen molar-refractivity contribution >= 4 is 17.7 Å². The number of carbonyl (C=O) groups is 1. The van der Waals surface area contributed by atoms with Crippen molar-refractivity contribution in [2.75, 3.05) is 12.9 Å². The maximum Gasteiger partial charge on any atom is 0.277 e. The molecule has 168 valence electrons. The molecule has 2 aliphatic carbocycles. The number of hydrogen-bond acceptors (Lipinski definition) is 6. The average molecular weight is 444 g/mol. The Morgan fingerprint density at radius 3 is 2.19 bits per heavy atom. The van der Waals surface area contributed by atoms with Crippen LogP contribution in [0.25, 0.3) is 0 Å². The van der Waals surface area contributed by atoms with Crippen LogP contribution in [-0.2, 0) is 11.2 Å². The van der Waals surface area contributed by atoms with E-state index in [2.05, 4.69) is 15.1 Å². The Labute approximate surface area is 189 Å². The molecule has 1 aromatic carbocycles. The van der Waals surface area contributed by atoms with Crippen LogP contribution < -0.4 is 4.74 Å². The summed E-state index contributed by atoms with van der Waals surface area (Å²) in [6.45, 7) is 0. The first-order valence-corrected chi connectivity index (χ1v) is 12.6. The van der Waals surface area contributed by atoms with Crippen molar-refractivity contribution in [3.8, 4) is 5.75 Å². The van der Waals surface area contributed by atoms with Gasteiger partial charge in [-0.25, -0.2) is 0 Å². The predicted molar refractivity (Wildman–Crippen MR) is 121 cm³/mol. The standard InChI is InChI=1S/C24H33N3O3S/c1-29-21-14-12-18(13-15-21)16-22-25-26-24(30-22)31-17-23(28)27(19-8-4-2-5-9-19)20-10-6-3-7-11-20/h12-15,19-20H,2-11,16-17H2,1H3. The first-order valence-electron chi connectivity index (χ1n) is 11.6. The fraction of sp³-hybridized carbons (Fsp3) is 0.625. The smallest absolute Gasteiger partial charge is 0.277 e. The minimum Gasteiger partial charge on any atom is -0.497 e. The van der Waals surface area contributed by atoms with Gasteiger partial charge < -0.3 is 14.1 Å². The zero-order chi connectivity index (χ0) is 21.5. The van der Waals surface area contributed by atoms with Crippen molar-refractivity contribution in [1.29, 1.82) is 0 Å². The number of hydrogen-bond donors (Lipinski definition) is 0. The molecular formula is C24H33N3O3S. The summed E-state index contributed by atoms with van der Waals surface area (Å²) in [5.41, 5.74) is 1.08. The van der Waals surface area contributed by atoms with Gasteiger partial charge in [0.05, 0.1) is 19.3 Å². The van der Waals surface area contributed by atoms with Crippen LogP contribution in [0.4, 0.5) is 0 Å². The molecule has 2 saturated carbocycles. The molecule has 0 saturated heterocycles. The van der Waals surface area contributed by atoms with Gasteiger partial charge in [-0.2, -0.15) is 0 Å². The highest BCUT2D eigenvalue weighted by atomic mass is 32.2. The van der Waals surface area contributed by atoms with Gasteiger partial charge in [-0.1, -0.05) is 62.4 Å². The molecule has 31 heavy (non-hydrogen) atoms. The quantitative estimate of drug-likeness (QED) is 0.519. The second-order valence-electron chi connectivity index (χ2n) is 8.66. The molecule has 0 spiro atoms. The van der Waals surface area contributed by atoms with Crippen LogP contribution >= 0.6 is 11.8 Å². The Morgan fingerprint density at radius 1 is 1.00 bits per heavy atom. The lowest BCUT2D eigenvalue weighted by molar-refractivity contribution is -0.135. The van der Waals surface area contributed by atoms with Crippen molar-refractivity contribution in [3.63, 3.8) is 0 Å². The monoisotopic (exact) mass is 443 g/mol. The minimum absolute atomic E-state index is 0.235. The summed E-state index contributed by atoms with van der Waals surface area (Å²) in [5.74, 6) is 2.00. The molecule has 0 radical (unpaired) electrons. The van der Waals surface area contributed by atoms with E-state index in [4.69, 9.17) is 9.15 Å². The van der Waals surface area contributed by atoms with Crippen LogP contribution in [-0.4, -0.2) is 46.0 Å². The third-order valence-corrected chi connectivity index (χ3v) is 7.31. The summed E-state index contributed by atoms with van der Waals surface area (Å²) < 4.78 is 11.0. The van der Waals surface area contributed by atoms with E-state index in [0.29, 0.717) is 35.4 Å². The van der Waals surface area contributed by atoms with Gasteiger partial charge in [0.25, 0.3) is 5.22 Å². The van der Waals surface area contributed by atoms with Crippen molar-refractivity contribution < 1.29 is 13.9 Å². The highest BCUT2D eigenvalue weighted by Crippen LogP contribution is 2.31. The summed E-state index contributed by atoms with van der Waals surface area (Å²) >= 11 is 1.37. The van der Waals surface area contributed by atoms with Gasteiger partial charge in [-0.3, -0.25) is 4.79 Å². The van der Waals surface area contributed by atoms with Crippen LogP contribution in [0.1, 0.15) is 75.7 Å². The Balaban J connectivity index is 1.34. The molecular weight excluding hydrogens is 410 g/mol. The van der Waals surface area contributed by atoms with Gasteiger partial charge in [0.2, 0.25) is 11.8 Å². The van der Waals surface area contributed by atoms with Crippen molar-refractivity contribution in [1.82, 2.24) is 15.1 Å². The largest absolute Gasteiger partial charge is 0.497 e. The Hall–Kier alpha value is -2.02. The van der Waals surface area contributed by atoms with Crippen molar-refractivity contribution in [3.05, 3.63) is 35.7 Å². The molecule has 6 nitrogen and oxygen atoms in total. The van der Waals surface area contributed by atoms with Crippen LogP contribution in [0.2, 0.25) is 0 Å². The van der Waals surface area contributed by atoms with Crippen molar-refractivity contribution in [2.24, 2.45) is 0 Å². The van der Waals surface area contributed by atoms with Crippen LogP contribution in [0.3, 0.4) is 0 Å². The number of rotatable bonds is 8. The molecule has 0 aliphatic heterocycles. The van der Waals surface area contributed by atoms with Gasteiger partial charge in [0.1, 0.15) is 5.75 Å². The second kappa shape index (κ2) is 11.0. The van der Waals surface area contributed by atoms with Crippen LogP contribution in [0.15, 0.2) is 33.9 Å². The fourth-order valence-corrected chi connectivity index (χ4v) is 5.56. The van der Waals surface area contributed by atoms with E-state index in [1.807, 2.05) is 24.3 Å². The van der Waals surface area contributed by atoms with Gasteiger partial charge in [-0.05, 0) is 43.4 Å². The predicted octanol–water partition coefficient (Wildman–Crippen LogP) is 5.26. The summed E-state index contributed by atoms with van der Waals surface area (Å²) in [7, 11) is 1.65. The Bertz CT molecular complexity index is 809. The maximum atomic E-state index is 13.3. The summed E-state index contributed by atoms with van der Waals surface area (Å²) in [5, 5.41) is 8.79. The molecule has 4 rings (SSSR count).